The Balaban J connectivity index is 4.34. The summed E-state index contributed by atoms with van der Waals surface area (Å²) < 4.78 is 0. The van der Waals surface area contributed by atoms with E-state index in [0.717, 1.165) is 6.42 Å². The van der Waals surface area contributed by atoms with Gasteiger partial charge in [-0.05, 0) is 24.2 Å². The summed E-state index contributed by atoms with van der Waals surface area (Å²) in [5, 5.41) is 0. The van der Waals surface area contributed by atoms with E-state index in [4.69, 9.17) is 0 Å². The van der Waals surface area contributed by atoms with Gasteiger partial charge in [0.15, 0.2) is 0 Å². The molecule has 0 saturated carbocycles. The van der Waals surface area contributed by atoms with Crippen LogP contribution >= 0.6 is 0 Å². The lowest BCUT2D eigenvalue weighted by molar-refractivity contribution is -0.118. The van der Waals surface area contributed by atoms with Gasteiger partial charge in [0, 0.05) is 6.42 Å². The molecule has 0 N–H and O–H groups in total. The minimum absolute atomic E-state index is 0.278. The Bertz CT molecular complexity index is 170. The van der Waals surface area contributed by atoms with Crippen LogP contribution in [0.2, 0.25) is 0 Å². The van der Waals surface area contributed by atoms with E-state index in [0.29, 0.717) is 17.6 Å². The minimum Gasteiger partial charge on any atom is -0.300 e. The molecule has 0 aliphatic carbocycles. The van der Waals surface area contributed by atoms with Gasteiger partial charge in [0.25, 0.3) is 0 Å². The van der Waals surface area contributed by atoms with Gasteiger partial charge in [-0.15, -0.1) is 0 Å². The van der Waals surface area contributed by atoms with Crippen molar-refractivity contribution in [2.45, 2.75) is 54.4 Å². The molecule has 0 spiro atoms. The normalized spacial score (nSPS) is 16.8. The highest BCUT2D eigenvalue weighted by atomic mass is 16.1. The van der Waals surface area contributed by atoms with Crippen molar-refractivity contribution >= 4 is 5.78 Å². The van der Waals surface area contributed by atoms with Crippen molar-refractivity contribution < 1.29 is 4.79 Å². The number of rotatable bonds is 5. The Kier molecular flexibility index (Phi) is 4.66. The van der Waals surface area contributed by atoms with Crippen LogP contribution < -0.4 is 0 Å². The maximum absolute atomic E-state index is 11.0. The SMILES string of the molecule is CCC(C)C(C)(C)C(C)CC(C)=O. The zero-order valence-corrected chi connectivity index (χ0v) is 9.98. The summed E-state index contributed by atoms with van der Waals surface area (Å²) in [4.78, 5) is 11.0. The van der Waals surface area contributed by atoms with E-state index in [-0.39, 0.29) is 5.41 Å². The summed E-state index contributed by atoms with van der Waals surface area (Å²) in [6.07, 6.45) is 1.91. The van der Waals surface area contributed by atoms with Crippen LogP contribution in [0.25, 0.3) is 0 Å². The fraction of sp³-hybridized carbons (Fsp3) is 0.917. The molecular weight excluding hydrogens is 160 g/mol. The second-order valence-electron chi connectivity index (χ2n) is 4.94. The molecule has 0 aromatic heterocycles. The third-order valence-electron chi connectivity index (χ3n) is 3.75. The van der Waals surface area contributed by atoms with Gasteiger partial charge < -0.3 is 4.79 Å². The third kappa shape index (κ3) is 3.50. The van der Waals surface area contributed by atoms with Crippen LogP contribution in [0, 0.1) is 17.3 Å². The predicted octanol–water partition coefficient (Wildman–Crippen LogP) is 3.67. The van der Waals surface area contributed by atoms with Crippen molar-refractivity contribution in [1.82, 2.24) is 0 Å². The Morgan fingerprint density at radius 3 is 2.00 bits per heavy atom. The molecular formula is C12H24O. The van der Waals surface area contributed by atoms with Crippen LogP contribution in [0.3, 0.4) is 0 Å². The number of carbonyl (C=O) groups is 1. The second-order valence-corrected chi connectivity index (χ2v) is 4.94. The van der Waals surface area contributed by atoms with Crippen LogP contribution in [0.1, 0.15) is 54.4 Å². The lowest BCUT2D eigenvalue weighted by Gasteiger charge is -2.37. The van der Waals surface area contributed by atoms with Gasteiger partial charge >= 0.3 is 0 Å². The molecule has 1 heteroatoms. The molecule has 0 heterocycles. The molecule has 0 aliphatic heterocycles. The van der Waals surface area contributed by atoms with Crippen molar-refractivity contribution in [3.05, 3.63) is 0 Å². The zero-order chi connectivity index (χ0) is 10.6. The standard InChI is InChI=1S/C12H24O/c1-7-9(2)12(5,6)10(3)8-11(4)13/h9-10H,7-8H2,1-6H3. The van der Waals surface area contributed by atoms with Gasteiger partial charge in [-0.1, -0.05) is 41.0 Å². The topological polar surface area (TPSA) is 17.1 Å². The summed E-state index contributed by atoms with van der Waals surface area (Å²) in [7, 11) is 0. The summed E-state index contributed by atoms with van der Waals surface area (Å²) >= 11 is 0. The zero-order valence-electron chi connectivity index (χ0n) is 9.98. The molecule has 2 unspecified atom stereocenters. The number of ketones is 1. The molecule has 0 aromatic carbocycles. The van der Waals surface area contributed by atoms with E-state index < -0.39 is 0 Å². The maximum Gasteiger partial charge on any atom is 0.130 e. The van der Waals surface area contributed by atoms with E-state index in [9.17, 15) is 4.79 Å². The molecule has 0 aromatic rings. The first-order valence-electron chi connectivity index (χ1n) is 5.31. The van der Waals surface area contributed by atoms with Gasteiger partial charge in [-0.25, -0.2) is 0 Å². The maximum atomic E-state index is 11.0. The monoisotopic (exact) mass is 184 g/mol. The highest BCUT2D eigenvalue weighted by molar-refractivity contribution is 5.75. The van der Waals surface area contributed by atoms with Crippen LogP contribution in [-0.4, -0.2) is 5.78 Å². The molecule has 1 nitrogen and oxygen atoms in total. The second kappa shape index (κ2) is 4.78. The van der Waals surface area contributed by atoms with E-state index >= 15 is 0 Å². The van der Waals surface area contributed by atoms with Crippen molar-refractivity contribution in [2.75, 3.05) is 0 Å². The van der Waals surface area contributed by atoms with Gasteiger partial charge in [-0.3, -0.25) is 0 Å². The number of hydrogen-bond acceptors (Lipinski definition) is 1. The minimum atomic E-state index is 0.278. The van der Waals surface area contributed by atoms with Crippen molar-refractivity contribution in [3.8, 4) is 0 Å². The molecule has 2 atom stereocenters. The van der Waals surface area contributed by atoms with Crippen molar-refractivity contribution in [2.24, 2.45) is 17.3 Å². The van der Waals surface area contributed by atoms with E-state index in [2.05, 4.69) is 34.6 Å². The van der Waals surface area contributed by atoms with E-state index in [1.165, 1.54) is 6.42 Å². The Morgan fingerprint density at radius 2 is 1.69 bits per heavy atom. The molecule has 0 saturated heterocycles. The first-order chi connectivity index (χ1) is 5.82. The fourth-order valence-electron chi connectivity index (χ4n) is 1.71. The molecule has 0 rings (SSSR count). The van der Waals surface area contributed by atoms with Gasteiger partial charge in [0.05, 0.1) is 0 Å². The Morgan fingerprint density at radius 1 is 1.23 bits per heavy atom. The molecule has 0 aliphatic rings. The van der Waals surface area contributed by atoms with Crippen LogP contribution in [-0.2, 0) is 4.79 Å². The first kappa shape index (κ1) is 12.7. The lowest BCUT2D eigenvalue weighted by Crippen LogP contribution is -2.30. The molecule has 13 heavy (non-hydrogen) atoms. The number of Topliss-reactive ketones (excluding diaryl/α,β-unsaturated/α-hetero) is 1. The van der Waals surface area contributed by atoms with Crippen molar-refractivity contribution in [1.29, 1.82) is 0 Å². The largest absolute Gasteiger partial charge is 0.300 e. The Hall–Kier alpha value is -0.330. The van der Waals surface area contributed by atoms with Crippen LogP contribution in [0.4, 0.5) is 0 Å². The summed E-state index contributed by atoms with van der Waals surface area (Å²) in [6, 6.07) is 0. The summed E-state index contributed by atoms with van der Waals surface area (Å²) in [5.41, 5.74) is 0.278. The quantitative estimate of drug-likeness (QED) is 0.637. The first-order valence-corrected chi connectivity index (χ1v) is 5.31. The number of carbonyl (C=O) groups excluding carboxylic acids is 1. The molecule has 0 amide bonds. The summed E-state index contributed by atoms with van der Waals surface area (Å²) in [6.45, 7) is 12.9. The highest BCUT2D eigenvalue weighted by Crippen LogP contribution is 2.38. The van der Waals surface area contributed by atoms with Gasteiger partial charge in [0.2, 0.25) is 0 Å². The molecule has 0 radical (unpaired) electrons. The predicted molar refractivity (Wildman–Crippen MR) is 57.7 cm³/mol. The highest BCUT2D eigenvalue weighted by Gasteiger charge is 2.31. The van der Waals surface area contributed by atoms with Crippen molar-refractivity contribution in [3.63, 3.8) is 0 Å². The fourth-order valence-corrected chi connectivity index (χ4v) is 1.71. The smallest absolute Gasteiger partial charge is 0.130 e. The Labute approximate surface area is 82.9 Å². The lowest BCUT2D eigenvalue weighted by atomic mass is 9.68. The van der Waals surface area contributed by atoms with E-state index in [1.54, 1.807) is 6.92 Å². The molecule has 0 bridgehead atoms. The van der Waals surface area contributed by atoms with Crippen LogP contribution in [0.5, 0.6) is 0 Å². The average molecular weight is 184 g/mol. The third-order valence-corrected chi connectivity index (χ3v) is 3.75. The number of hydrogen-bond donors (Lipinski definition) is 0. The van der Waals surface area contributed by atoms with Gasteiger partial charge in [-0.2, -0.15) is 0 Å². The van der Waals surface area contributed by atoms with Crippen LogP contribution in [0.15, 0.2) is 0 Å². The van der Waals surface area contributed by atoms with Gasteiger partial charge in [0.1, 0.15) is 5.78 Å². The summed E-state index contributed by atoms with van der Waals surface area (Å²) in [5.74, 6) is 1.48. The van der Waals surface area contributed by atoms with E-state index in [1.807, 2.05) is 0 Å². The molecule has 78 valence electrons. The average Bonchev–Trinajstić information content (AvgIpc) is 2.01. The molecule has 0 fully saturated rings.